The van der Waals surface area contributed by atoms with Gasteiger partial charge in [-0.3, -0.25) is 0 Å². The van der Waals surface area contributed by atoms with Gasteiger partial charge in [-0.1, -0.05) is 75.3 Å². The minimum atomic E-state index is 0. The van der Waals surface area contributed by atoms with Crippen molar-refractivity contribution >= 4 is 51.5 Å². The van der Waals surface area contributed by atoms with E-state index in [0.29, 0.717) is 0 Å². The first kappa shape index (κ1) is 26.8. The average Bonchev–Trinajstić information content (AvgIpc) is 3.36. The molecule has 0 aliphatic rings. The summed E-state index contributed by atoms with van der Waals surface area (Å²) in [6, 6.07) is 41.1. The molecule has 0 spiro atoms. The monoisotopic (exact) mass is 530 g/mol. The van der Waals surface area contributed by atoms with Crippen LogP contribution in [0.4, 0.5) is 0 Å². The fourth-order valence-electron chi connectivity index (χ4n) is 4.00. The van der Waals surface area contributed by atoms with E-state index in [1.165, 1.54) is 48.5 Å². The largest absolute Gasteiger partial charge is 4.00 e. The van der Waals surface area contributed by atoms with Gasteiger partial charge in [0.15, 0.2) is 0 Å². The van der Waals surface area contributed by atoms with Crippen molar-refractivity contribution in [3.8, 4) is 0 Å². The van der Waals surface area contributed by atoms with E-state index in [-0.39, 0.29) is 35.6 Å². The summed E-state index contributed by atoms with van der Waals surface area (Å²) in [5, 5.41) is 11.0. The van der Waals surface area contributed by atoms with Crippen LogP contribution >= 0.6 is 8.58 Å². The minimum Gasteiger partial charge on any atom is -1.00 e. The number of benzene rings is 4. The smallest absolute Gasteiger partial charge is 1.00 e. The third-order valence-corrected chi connectivity index (χ3v) is 6.97. The maximum Gasteiger partial charge on any atom is 4.00 e. The zero-order valence-corrected chi connectivity index (χ0v) is 21.7. The van der Waals surface area contributed by atoms with E-state index in [2.05, 4.69) is 122 Å². The molecule has 6 aromatic carbocycles. The molecule has 0 saturated carbocycles. The van der Waals surface area contributed by atoms with E-state index in [1.54, 1.807) is 0 Å². The summed E-state index contributed by atoms with van der Waals surface area (Å²) in [5.74, 6) is 0. The molecule has 0 radical (unpaired) electrons. The molecule has 6 aromatic rings. The third-order valence-electron chi connectivity index (χ3n) is 5.56. The van der Waals surface area contributed by atoms with Crippen LogP contribution in [0.25, 0.3) is 32.3 Å². The predicted molar refractivity (Wildman–Crippen MR) is 135 cm³/mol. The van der Waals surface area contributed by atoms with Crippen molar-refractivity contribution in [2.45, 2.75) is 6.92 Å². The summed E-state index contributed by atoms with van der Waals surface area (Å²) in [4.78, 5) is 0. The third kappa shape index (κ3) is 5.91. The summed E-state index contributed by atoms with van der Waals surface area (Å²) in [6.07, 6.45) is 0. The summed E-state index contributed by atoms with van der Waals surface area (Å²) >= 11 is 0. The Morgan fingerprint density at radius 2 is 1.09 bits per heavy atom. The standard InChI is InChI=1S/C16H14P.C13H9.2FH.Zr/c1-12-6-2-5-9-16(12)17-15-10-13-7-3-4-8-14(13)11-15;1-3-7-12-10(5-1)9-11-6-2-4-8-13(11)12;;;/h2-11,17H,1H3;1-9H;2*1H;/q2*-1;;;+4/p-2. The van der Waals surface area contributed by atoms with Crippen LogP contribution in [0, 0.1) is 6.92 Å². The van der Waals surface area contributed by atoms with Gasteiger partial charge < -0.3 is 9.41 Å². The van der Waals surface area contributed by atoms with Crippen LogP contribution in [0.5, 0.6) is 0 Å². The van der Waals surface area contributed by atoms with Crippen LogP contribution < -0.4 is 20.0 Å². The molecule has 0 heterocycles. The number of halogens is 2. The van der Waals surface area contributed by atoms with Crippen molar-refractivity contribution in [2.75, 3.05) is 0 Å². The van der Waals surface area contributed by atoms with Crippen molar-refractivity contribution in [2.24, 2.45) is 0 Å². The van der Waals surface area contributed by atoms with E-state index in [9.17, 15) is 0 Å². The Morgan fingerprint density at radius 3 is 1.70 bits per heavy atom. The van der Waals surface area contributed by atoms with E-state index in [4.69, 9.17) is 0 Å². The van der Waals surface area contributed by atoms with E-state index < -0.39 is 0 Å². The van der Waals surface area contributed by atoms with Crippen LogP contribution in [-0.2, 0) is 26.2 Å². The second-order valence-electron chi connectivity index (χ2n) is 7.63. The zero-order chi connectivity index (χ0) is 20.3. The van der Waals surface area contributed by atoms with Gasteiger partial charge in [0, 0.05) is 0 Å². The van der Waals surface area contributed by atoms with Crippen LogP contribution in [0.1, 0.15) is 5.56 Å². The Balaban J connectivity index is 0.000000220. The van der Waals surface area contributed by atoms with Crippen molar-refractivity contribution in [3.05, 3.63) is 121 Å². The molecule has 0 amide bonds. The van der Waals surface area contributed by atoms with Crippen LogP contribution in [-0.4, -0.2) is 0 Å². The Hall–Kier alpha value is -2.47. The molecule has 0 aromatic heterocycles. The SMILES string of the molecule is Cc1ccccc1Pc1cc2ccccc2[cH-]1.[F-].[F-].[Zr+4].c1ccc2c(c1)[cH-]c1ccccc12. The van der Waals surface area contributed by atoms with Gasteiger partial charge in [-0.2, -0.15) is 6.07 Å². The molecule has 0 aliphatic carbocycles. The Labute approximate surface area is 214 Å². The predicted octanol–water partition coefficient (Wildman–Crippen LogP) is 1.21. The normalized spacial score (nSPS) is 10.3. The number of hydrogen-bond donors (Lipinski definition) is 0. The molecular formula is C29H23F2PZr. The van der Waals surface area contributed by atoms with Gasteiger partial charge in [0.1, 0.15) is 0 Å². The fourth-order valence-corrected chi connectivity index (χ4v) is 5.22. The first-order valence-electron chi connectivity index (χ1n) is 10.3. The van der Waals surface area contributed by atoms with E-state index in [0.717, 1.165) is 8.58 Å². The quantitative estimate of drug-likeness (QED) is 0.233. The minimum absolute atomic E-state index is 0. The topological polar surface area (TPSA) is 0 Å². The molecule has 1 unspecified atom stereocenters. The van der Waals surface area contributed by atoms with Gasteiger partial charge >= 0.3 is 26.2 Å². The molecule has 0 bridgehead atoms. The molecule has 0 saturated heterocycles. The molecule has 6 rings (SSSR count). The van der Waals surface area contributed by atoms with Crippen LogP contribution in [0.3, 0.4) is 0 Å². The Bertz CT molecular complexity index is 1360. The Morgan fingerprint density at radius 1 is 0.576 bits per heavy atom. The molecule has 4 heteroatoms. The number of aryl methyl sites for hydroxylation is 1. The van der Waals surface area contributed by atoms with Crippen molar-refractivity contribution in [1.82, 2.24) is 0 Å². The summed E-state index contributed by atoms with van der Waals surface area (Å²) in [6.45, 7) is 2.19. The zero-order valence-electron chi connectivity index (χ0n) is 18.2. The van der Waals surface area contributed by atoms with E-state index >= 15 is 0 Å². The van der Waals surface area contributed by atoms with Gasteiger partial charge in [-0.15, -0.1) is 80.1 Å². The van der Waals surface area contributed by atoms with Crippen LogP contribution in [0.2, 0.25) is 0 Å². The van der Waals surface area contributed by atoms with Crippen molar-refractivity contribution < 1.29 is 35.6 Å². The maximum absolute atomic E-state index is 2.31. The van der Waals surface area contributed by atoms with Gasteiger partial charge in [0.05, 0.1) is 0 Å². The summed E-state index contributed by atoms with van der Waals surface area (Å²) in [5.41, 5.74) is 1.39. The van der Waals surface area contributed by atoms with Crippen LogP contribution in [0.15, 0.2) is 115 Å². The summed E-state index contributed by atoms with van der Waals surface area (Å²) < 4.78 is 0. The fraction of sp³-hybridized carbons (Fsp3) is 0.0345. The number of hydrogen-bond acceptors (Lipinski definition) is 0. The van der Waals surface area contributed by atoms with Crippen molar-refractivity contribution in [3.63, 3.8) is 0 Å². The molecule has 33 heavy (non-hydrogen) atoms. The second kappa shape index (κ2) is 12.1. The first-order valence-corrected chi connectivity index (χ1v) is 11.3. The number of fused-ring (bicyclic) bond motifs is 4. The van der Waals surface area contributed by atoms with Crippen molar-refractivity contribution in [1.29, 1.82) is 0 Å². The summed E-state index contributed by atoms with van der Waals surface area (Å²) in [7, 11) is 0.759. The Kier molecular flexibility index (Phi) is 9.84. The maximum atomic E-state index is 2.31. The first-order chi connectivity index (χ1) is 14.8. The van der Waals surface area contributed by atoms with Gasteiger partial charge in [-0.05, 0) is 17.8 Å². The number of rotatable bonds is 2. The molecule has 0 N–H and O–H groups in total. The van der Waals surface area contributed by atoms with E-state index in [1.807, 2.05) is 0 Å². The van der Waals surface area contributed by atoms with Gasteiger partial charge in [0.25, 0.3) is 0 Å². The molecule has 1 atom stereocenters. The molecule has 162 valence electrons. The van der Waals surface area contributed by atoms with Gasteiger partial charge in [0.2, 0.25) is 0 Å². The molecule has 0 aliphatic heterocycles. The molecular weight excluding hydrogens is 509 g/mol. The average molecular weight is 532 g/mol. The molecule has 0 fully saturated rings. The molecule has 0 nitrogen and oxygen atoms in total. The van der Waals surface area contributed by atoms with Gasteiger partial charge in [-0.25, -0.2) is 0 Å². The second-order valence-corrected chi connectivity index (χ2v) is 9.00.